The van der Waals surface area contributed by atoms with E-state index >= 15 is 0 Å². The summed E-state index contributed by atoms with van der Waals surface area (Å²) >= 11 is 1.41. The largest absolute Gasteiger partial charge is 0.653 e. The molecular formula is C8H9F3SSi. The molecule has 0 saturated heterocycles. The number of hydrogen-bond donors (Lipinski definition) is 0. The Labute approximate surface area is 80.7 Å². The molecule has 0 aromatic heterocycles. The van der Waals surface area contributed by atoms with E-state index in [1.54, 1.807) is 18.4 Å². The average Bonchev–Trinajstić information content (AvgIpc) is 2.04. The highest BCUT2D eigenvalue weighted by atomic mass is 32.2. The molecule has 0 heterocycles. The third-order valence-electron chi connectivity index (χ3n) is 1.62. The lowest BCUT2D eigenvalue weighted by atomic mass is 10.2. The van der Waals surface area contributed by atoms with Crippen molar-refractivity contribution in [2.45, 2.75) is 5.75 Å². The first-order valence-electron chi connectivity index (χ1n) is 3.69. The zero-order valence-corrected chi connectivity index (χ0v) is 8.88. The fraction of sp³-hybridized carbons (Fsp3) is 0.250. The molecule has 1 rings (SSSR count). The molecule has 1 aromatic rings. The highest BCUT2D eigenvalue weighted by Crippen LogP contribution is 2.15. The summed E-state index contributed by atoms with van der Waals surface area (Å²) in [4.78, 5) is 0. The number of benzene rings is 1. The van der Waals surface area contributed by atoms with Gasteiger partial charge in [-0.1, -0.05) is 24.3 Å². The minimum absolute atomic E-state index is 0.385. The van der Waals surface area contributed by atoms with Crippen molar-refractivity contribution in [3.63, 3.8) is 0 Å². The van der Waals surface area contributed by atoms with Crippen LogP contribution in [0.5, 0.6) is 0 Å². The standard InChI is InChI=1S/C8H9F3SSi/c1-12-6-7-4-2-3-5-8(7)13(9,10)11/h2-5H,6H2,1H3. The Morgan fingerprint density at radius 3 is 2.38 bits per heavy atom. The third-order valence-corrected chi connectivity index (χ3v) is 3.32. The topological polar surface area (TPSA) is 0 Å². The summed E-state index contributed by atoms with van der Waals surface area (Å²) in [7, 11) is -5.63. The molecule has 0 atom stereocenters. The van der Waals surface area contributed by atoms with E-state index in [2.05, 4.69) is 0 Å². The van der Waals surface area contributed by atoms with Crippen molar-refractivity contribution in [3.8, 4) is 0 Å². The van der Waals surface area contributed by atoms with E-state index in [1.165, 1.54) is 23.9 Å². The molecular weight excluding hydrogens is 213 g/mol. The van der Waals surface area contributed by atoms with Gasteiger partial charge in [0.05, 0.1) is 0 Å². The Kier molecular flexibility index (Phi) is 3.44. The van der Waals surface area contributed by atoms with Gasteiger partial charge in [0.25, 0.3) is 0 Å². The zero-order chi connectivity index (χ0) is 9.90. The fourth-order valence-electron chi connectivity index (χ4n) is 1.08. The van der Waals surface area contributed by atoms with Crippen molar-refractivity contribution in [2.75, 3.05) is 6.26 Å². The van der Waals surface area contributed by atoms with Gasteiger partial charge in [0.2, 0.25) is 0 Å². The summed E-state index contributed by atoms with van der Waals surface area (Å²) in [5.74, 6) is 0.433. The van der Waals surface area contributed by atoms with Crippen LogP contribution in [0, 0.1) is 0 Å². The Bertz CT molecular complexity index is 285. The first kappa shape index (κ1) is 10.7. The molecule has 0 aliphatic carbocycles. The third kappa shape index (κ3) is 2.77. The maximum absolute atomic E-state index is 12.5. The Morgan fingerprint density at radius 1 is 1.23 bits per heavy atom. The van der Waals surface area contributed by atoms with Crippen LogP contribution in [0.4, 0.5) is 12.3 Å². The van der Waals surface area contributed by atoms with Crippen LogP contribution in [0.3, 0.4) is 0 Å². The summed E-state index contributed by atoms with van der Waals surface area (Å²) in [5.41, 5.74) is 0.411. The molecule has 13 heavy (non-hydrogen) atoms. The number of halogens is 3. The molecule has 5 heteroatoms. The monoisotopic (exact) mass is 222 g/mol. The predicted molar refractivity (Wildman–Crippen MR) is 52.4 cm³/mol. The number of rotatable bonds is 3. The van der Waals surface area contributed by atoms with Crippen LogP contribution in [0.15, 0.2) is 24.3 Å². The summed E-state index contributed by atoms with van der Waals surface area (Å²) in [6, 6.07) is 5.82. The maximum Gasteiger partial charge on any atom is 0.653 e. The van der Waals surface area contributed by atoms with Crippen molar-refractivity contribution in [1.82, 2.24) is 0 Å². The van der Waals surface area contributed by atoms with Gasteiger partial charge in [-0.25, -0.2) is 12.3 Å². The quantitative estimate of drug-likeness (QED) is 0.559. The van der Waals surface area contributed by atoms with Gasteiger partial charge in [0.15, 0.2) is 0 Å². The van der Waals surface area contributed by atoms with Crippen LogP contribution in [0.2, 0.25) is 0 Å². The van der Waals surface area contributed by atoms with Gasteiger partial charge in [-0.05, 0) is 11.8 Å². The second kappa shape index (κ2) is 4.19. The minimum atomic E-state index is -5.63. The fourth-order valence-corrected chi connectivity index (χ4v) is 2.59. The first-order chi connectivity index (χ1) is 6.05. The average molecular weight is 222 g/mol. The lowest BCUT2D eigenvalue weighted by molar-refractivity contribution is 0.500. The van der Waals surface area contributed by atoms with Crippen LogP contribution < -0.4 is 5.19 Å². The Morgan fingerprint density at radius 2 is 1.85 bits per heavy atom. The highest BCUT2D eigenvalue weighted by Gasteiger charge is 2.41. The first-order valence-corrected chi connectivity index (χ1v) is 6.72. The molecule has 0 bridgehead atoms. The van der Waals surface area contributed by atoms with E-state index in [-0.39, 0.29) is 5.19 Å². The Hall–Kier alpha value is -0.423. The SMILES string of the molecule is CSCc1ccccc1[Si](F)(F)F. The normalized spacial score (nSPS) is 11.7. The lowest BCUT2D eigenvalue weighted by Crippen LogP contribution is -2.36. The molecule has 72 valence electrons. The molecule has 0 aliphatic heterocycles. The summed E-state index contributed by atoms with van der Waals surface area (Å²) in [6.07, 6.45) is 1.80. The van der Waals surface area contributed by atoms with E-state index in [4.69, 9.17) is 0 Å². The molecule has 0 unspecified atom stereocenters. The van der Waals surface area contributed by atoms with Gasteiger partial charge >= 0.3 is 9.08 Å². The molecule has 0 amide bonds. The Balaban J connectivity index is 3.05. The predicted octanol–water partition coefficient (Wildman–Crippen LogP) is 2.60. The van der Waals surface area contributed by atoms with Gasteiger partial charge in [-0.15, -0.1) is 0 Å². The highest BCUT2D eigenvalue weighted by molar-refractivity contribution is 7.97. The second-order valence-corrected chi connectivity index (χ2v) is 4.99. The van der Waals surface area contributed by atoms with E-state index in [0.717, 1.165) is 0 Å². The summed E-state index contributed by atoms with van der Waals surface area (Å²) in [5, 5.41) is -0.385. The molecule has 0 saturated carbocycles. The van der Waals surface area contributed by atoms with E-state index in [9.17, 15) is 12.3 Å². The molecule has 0 spiro atoms. The van der Waals surface area contributed by atoms with Crippen molar-refractivity contribution < 1.29 is 12.3 Å². The van der Waals surface area contributed by atoms with E-state index in [1.807, 2.05) is 0 Å². The van der Waals surface area contributed by atoms with Gasteiger partial charge in [0, 0.05) is 10.9 Å². The van der Waals surface area contributed by atoms with Crippen LogP contribution in [0.1, 0.15) is 5.56 Å². The molecule has 0 N–H and O–H groups in total. The summed E-state index contributed by atoms with van der Waals surface area (Å²) < 4.78 is 37.5. The zero-order valence-electron chi connectivity index (χ0n) is 7.06. The molecule has 0 radical (unpaired) electrons. The molecule has 0 nitrogen and oxygen atoms in total. The van der Waals surface area contributed by atoms with Crippen LogP contribution in [-0.2, 0) is 5.75 Å². The van der Waals surface area contributed by atoms with Gasteiger partial charge in [-0.3, -0.25) is 0 Å². The van der Waals surface area contributed by atoms with Crippen molar-refractivity contribution in [3.05, 3.63) is 29.8 Å². The number of thioether (sulfide) groups is 1. The van der Waals surface area contributed by atoms with Gasteiger partial charge < -0.3 is 0 Å². The van der Waals surface area contributed by atoms with Crippen molar-refractivity contribution in [2.24, 2.45) is 0 Å². The second-order valence-electron chi connectivity index (χ2n) is 2.59. The molecule has 1 aromatic carbocycles. The maximum atomic E-state index is 12.5. The van der Waals surface area contributed by atoms with Gasteiger partial charge in [0.1, 0.15) is 0 Å². The van der Waals surface area contributed by atoms with Crippen LogP contribution >= 0.6 is 11.8 Å². The minimum Gasteiger partial charge on any atom is -0.234 e. The van der Waals surface area contributed by atoms with Crippen molar-refractivity contribution in [1.29, 1.82) is 0 Å². The van der Waals surface area contributed by atoms with E-state index in [0.29, 0.717) is 11.3 Å². The molecule has 0 aliphatic rings. The van der Waals surface area contributed by atoms with Gasteiger partial charge in [-0.2, -0.15) is 11.8 Å². The lowest BCUT2D eigenvalue weighted by Gasteiger charge is -2.08. The van der Waals surface area contributed by atoms with Crippen molar-refractivity contribution >= 4 is 26.0 Å². The van der Waals surface area contributed by atoms with Crippen LogP contribution in [0.25, 0.3) is 0 Å². The van der Waals surface area contributed by atoms with Crippen LogP contribution in [-0.4, -0.2) is 15.3 Å². The van der Waals surface area contributed by atoms with E-state index < -0.39 is 9.08 Å². The number of hydrogen-bond acceptors (Lipinski definition) is 1. The smallest absolute Gasteiger partial charge is 0.234 e. The molecule has 0 fully saturated rings. The summed E-state index contributed by atoms with van der Waals surface area (Å²) in [6.45, 7) is 0.